The predicted octanol–water partition coefficient (Wildman–Crippen LogP) is 4.35. The zero-order chi connectivity index (χ0) is 24.7. The van der Waals surface area contributed by atoms with Crippen LogP contribution in [0, 0.1) is 0 Å². The fourth-order valence-electron chi connectivity index (χ4n) is 5.54. The van der Waals surface area contributed by atoms with Crippen molar-refractivity contribution in [3.63, 3.8) is 0 Å². The third-order valence-corrected chi connectivity index (χ3v) is 7.44. The van der Waals surface area contributed by atoms with E-state index < -0.39 is 0 Å². The number of carbonyl (C=O) groups is 1. The maximum Gasteiger partial charge on any atom is 0.220 e. The first kappa shape index (κ1) is 25.4. The molecule has 0 radical (unpaired) electrons. The smallest absolute Gasteiger partial charge is 0.220 e. The Morgan fingerprint density at radius 2 is 1.83 bits per heavy atom. The first-order valence-electron chi connectivity index (χ1n) is 12.6. The van der Waals surface area contributed by atoms with Crippen molar-refractivity contribution in [3.05, 3.63) is 71.3 Å². The number of benzene rings is 2. The lowest BCUT2D eigenvalue weighted by atomic mass is 9.72. The van der Waals surface area contributed by atoms with E-state index in [4.69, 9.17) is 14.2 Å². The second-order valence-electron chi connectivity index (χ2n) is 9.40. The van der Waals surface area contributed by atoms with Gasteiger partial charge in [0, 0.05) is 25.5 Å². The van der Waals surface area contributed by atoms with Crippen LogP contribution in [-0.2, 0) is 19.7 Å². The number of nitrogens with zero attached hydrogens (tertiary/aromatic N) is 1. The van der Waals surface area contributed by atoms with Gasteiger partial charge in [0.05, 0.1) is 32.5 Å². The molecule has 35 heavy (non-hydrogen) atoms. The zero-order valence-corrected chi connectivity index (χ0v) is 21.2. The van der Waals surface area contributed by atoms with Gasteiger partial charge in [-0.2, -0.15) is 0 Å². The van der Waals surface area contributed by atoms with Crippen LogP contribution in [0.2, 0.25) is 0 Å². The Morgan fingerprint density at radius 3 is 2.51 bits per heavy atom. The van der Waals surface area contributed by atoms with Crippen LogP contribution in [0.1, 0.15) is 48.9 Å². The highest BCUT2D eigenvalue weighted by Gasteiger charge is 2.54. The maximum absolute atomic E-state index is 12.4. The quantitative estimate of drug-likeness (QED) is 0.515. The van der Waals surface area contributed by atoms with Gasteiger partial charge in [-0.3, -0.25) is 9.69 Å². The molecule has 6 nitrogen and oxygen atoms in total. The molecule has 1 amide bonds. The Hall–Kier alpha value is -2.67. The normalized spacial score (nSPS) is 21.3. The van der Waals surface area contributed by atoms with Gasteiger partial charge in [-0.15, -0.1) is 0 Å². The molecule has 1 N–H and O–H groups in total. The highest BCUT2D eigenvalue weighted by Crippen LogP contribution is 2.52. The first-order chi connectivity index (χ1) is 17.1. The van der Waals surface area contributed by atoms with E-state index in [1.807, 2.05) is 19.1 Å². The molecule has 4 rings (SSSR count). The molecule has 1 spiro atoms. The van der Waals surface area contributed by atoms with Crippen molar-refractivity contribution >= 4 is 12.0 Å². The number of fused-ring (bicyclic) bond motifs is 2. The van der Waals surface area contributed by atoms with E-state index in [2.05, 4.69) is 58.8 Å². The third-order valence-electron chi connectivity index (χ3n) is 7.44. The number of hydrogen-bond acceptors (Lipinski definition) is 5. The van der Waals surface area contributed by atoms with Crippen LogP contribution in [0.3, 0.4) is 0 Å². The third kappa shape index (κ3) is 5.61. The molecular formula is C29H38N2O4. The summed E-state index contributed by atoms with van der Waals surface area (Å²) in [5.41, 5.74) is 3.60. The molecule has 188 valence electrons. The molecule has 1 saturated heterocycles. The van der Waals surface area contributed by atoms with E-state index >= 15 is 0 Å². The molecule has 0 bridgehead atoms. The Morgan fingerprint density at radius 1 is 1.09 bits per heavy atom. The number of carbonyl (C=O) groups excluding carboxylic acids is 1. The van der Waals surface area contributed by atoms with Gasteiger partial charge >= 0.3 is 0 Å². The summed E-state index contributed by atoms with van der Waals surface area (Å²) >= 11 is 0. The van der Waals surface area contributed by atoms with Gasteiger partial charge in [-0.1, -0.05) is 55.5 Å². The SMILES string of the molecule is CCC(=O)N[C@H]1c2ccccc2C2(CCN(C/C=C/c3ccc(OC)cc3)CC2)[C@@H]1OCCOC. The van der Waals surface area contributed by atoms with Gasteiger partial charge in [0.2, 0.25) is 5.91 Å². The highest BCUT2D eigenvalue weighted by molar-refractivity contribution is 5.76. The van der Waals surface area contributed by atoms with E-state index in [-0.39, 0.29) is 23.5 Å². The van der Waals surface area contributed by atoms with Gasteiger partial charge in [0.25, 0.3) is 0 Å². The number of likely N-dealkylation sites (tertiary alicyclic amines) is 1. The largest absolute Gasteiger partial charge is 0.497 e. The summed E-state index contributed by atoms with van der Waals surface area (Å²) in [4.78, 5) is 14.9. The van der Waals surface area contributed by atoms with Gasteiger partial charge in [-0.25, -0.2) is 0 Å². The van der Waals surface area contributed by atoms with E-state index in [0.29, 0.717) is 19.6 Å². The number of hydrogen-bond donors (Lipinski definition) is 1. The molecule has 1 heterocycles. The molecule has 2 atom stereocenters. The molecule has 6 heteroatoms. The van der Waals surface area contributed by atoms with Gasteiger partial charge in [-0.05, 0) is 54.8 Å². The lowest BCUT2D eigenvalue weighted by Gasteiger charge is -2.44. The second-order valence-corrected chi connectivity index (χ2v) is 9.40. The van der Waals surface area contributed by atoms with Gasteiger partial charge < -0.3 is 19.5 Å². The molecule has 0 aromatic heterocycles. The number of amides is 1. The average molecular weight is 479 g/mol. The number of nitrogens with one attached hydrogen (secondary N) is 1. The minimum atomic E-state index is -0.128. The fraction of sp³-hybridized carbons (Fsp3) is 0.483. The minimum Gasteiger partial charge on any atom is -0.497 e. The molecular weight excluding hydrogens is 440 g/mol. The van der Waals surface area contributed by atoms with Crippen molar-refractivity contribution in [3.8, 4) is 5.75 Å². The Balaban J connectivity index is 1.48. The topological polar surface area (TPSA) is 60.0 Å². The summed E-state index contributed by atoms with van der Waals surface area (Å²) in [7, 11) is 3.38. The Labute approximate surface area is 209 Å². The van der Waals surface area contributed by atoms with Gasteiger partial charge in [0.1, 0.15) is 5.75 Å². The van der Waals surface area contributed by atoms with Crippen molar-refractivity contribution in [2.45, 2.75) is 43.7 Å². The summed E-state index contributed by atoms with van der Waals surface area (Å²) < 4.78 is 17.0. The van der Waals surface area contributed by atoms with Crippen LogP contribution < -0.4 is 10.1 Å². The lowest BCUT2D eigenvalue weighted by Crippen LogP contribution is -2.51. The molecule has 0 unspecified atom stereocenters. The monoisotopic (exact) mass is 478 g/mol. The summed E-state index contributed by atoms with van der Waals surface area (Å²) in [5, 5.41) is 3.27. The van der Waals surface area contributed by atoms with Crippen molar-refractivity contribution in [1.29, 1.82) is 0 Å². The maximum atomic E-state index is 12.4. The first-order valence-corrected chi connectivity index (χ1v) is 12.6. The van der Waals surface area contributed by atoms with Crippen molar-refractivity contribution in [2.75, 3.05) is 47.1 Å². The van der Waals surface area contributed by atoms with Crippen LogP contribution in [0.5, 0.6) is 5.75 Å². The van der Waals surface area contributed by atoms with Crippen LogP contribution in [-0.4, -0.2) is 64.0 Å². The number of piperidine rings is 1. The molecule has 1 aliphatic heterocycles. The fourth-order valence-corrected chi connectivity index (χ4v) is 5.54. The van der Waals surface area contributed by atoms with Crippen LogP contribution in [0.4, 0.5) is 0 Å². The molecule has 2 aromatic rings. The molecule has 2 aliphatic rings. The van der Waals surface area contributed by atoms with Crippen molar-refractivity contribution in [2.24, 2.45) is 0 Å². The molecule has 1 fully saturated rings. The minimum absolute atomic E-state index is 0.0586. The van der Waals surface area contributed by atoms with Gasteiger partial charge in [0.15, 0.2) is 0 Å². The molecule has 2 aromatic carbocycles. The van der Waals surface area contributed by atoms with E-state index in [1.54, 1.807) is 14.2 Å². The number of rotatable bonds is 10. The Bertz CT molecular complexity index is 996. The average Bonchev–Trinajstić information content (AvgIpc) is 3.14. The summed E-state index contributed by atoms with van der Waals surface area (Å²) in [6, 6.07) is 16.6. The second kappa shape index (κ2) is 11.8. The molecule has 1 aliphatic carbocycles. The van der Waals surface area contributed by atoms with E-state index in [9.17, 15) is 4.79 Å². The van der Waals surface area contributed by atoms with Crippen molar-refractivity contribution < 1.29 is 19.0 Å². The van der Waals surface area contributed by atoms with E-state index in [0.717, 1.165) is 38.2 Å². The summed E-state index contributed by atoms with van der Waals surface area (Å²) in [6.07, 6.45) is 6.76. The Kier molecular flexibility index (Phi) is 8.60. The summed E-state index contributed by atoms with van der Waals surface area (Å²) in [5.74, 6) is 0.930. The zero-order valence-electron chi connectivity index (χ0n) is 21.2. The van der Waals surface area contributed by atoms with Crippen LogP contribution in [0.25, 0.3) is 6.08 Å². The predicted molar refractivity (Wildman–Crippen MR) is 139 cm³/mol. The molecule has 0 saturated carbocycles. The lowest BCUT2D eigenvalue weighted by molar-refractivity contribution is -0.124. The van der Waals surface area contributed by atoms with Crippen LogP contribution >= 0.6 is 0 Å². The van der Waals surface area contributed by atoms with Crippen LogP contribution in [0.15, 0.2) is 54.6 Å². The van der Waals surface area contributed by atoms with E-state index in [1.165, 1.54) is 16.7 Å². The van der Waals surface area contributed by atoms with Crippen molar-refractivity contribution in [1.82, 2.24) is 10.2 Å². The summed E-state index contributed by atoms with van der Waals surface area (Å²) in [6.45, 7) is 5.84. The standard InChI is InChI=1S/C29H38N2O4/c1-4-26(32)30-27-24-9-5-6-10-25(24)29(28(27)35-21-20-33-2)15-18-31(19-16-29)17-7-8-22-11-13-23(34-3)14-12-22/h5-14,27-28H,4,15-21H2,1-3H3,(H,30,32)/b8-7+/t27-,28+/m0/s1. The number of methoxy groups -OCH3 is 2. The highest BCUT2D eigenvalue weighted by atomic mass is 16.5. The number of ether oxygens (including phenoxy) is 3.